The largest absolute Gasteiger partial charge is 0.369 e. The summed E-state index contributed by atoms with van der Waals surface area (Å²) < 4.78 is 0. The van der Waals surface area contributed by atoms with E-state index in [1.54, 1.807) is 6.92 Å². The van der Waals surface area contributed by atoms with Gasteiger partial charge in [-0.25, -0.2) is 0 Å². The second-order valence-electron chi connectivity index (χ2n) is 6.30. The minimum Gasteiger partial charge on any atom is -0.369 e. The van der Waals surface area contributed by atoms with Crippen LogP contribution in [0.25, 0.3) is 0 Å². The van der Waals surface area contributed by atoms with Crippen LogP contribution < -0.4 is 16.8 Å². The van der Waals surface area contributed by atoms with E-state index in [4.69, 9.17) is 11.5 Å². The van der Waals surface area contributed by atoms with E-state index >= 15 is 0 Å². The van der Waals surface area contributed by atoms with E-state index < -0.39 is 6.04 Å². The first kappa shape index (κ1) is 17.4. The molecule has 1 aromatic rings. The van der Waals surface area contributed by atoms with Crippen molar-refractivity contribution in [1.29, 1.82) is 0 Å². The Bertz CT molecular complexity index is 559. The molecule has 0 spiro atoms. The lowest BCUT2D eigenvalue weighted by atomic mass is 9.97. The Kier molecular flexibility index (Phi) is 6.12. The summed E-state index contributed by atoms with van der Waals surface area (Å²) in [6.45, 7) is 4.63. The fourth-order valence-corrected chi connectivity index (χ4v) is 2.88. The zero-order chi connectivity index (χ0) is 16.8. The van der Waals surface area contributed by atoms with Crippen LogP contribution in [0.1, 0.15) is 30.9 Å². The fourth-order valence-electron chi connectivity index (χ4n) is 2.88. The molecule has 1 heterocycles. The van der Waals surface area contributed by atoms with Crippen LogP contribution in [0.15, 0.2) is 24.3 Å². The number of benzene rings is 1. The molecule has 1 aliphatic rings. The van der Waals surface area contributed by atoms with Crippen molar-refractivity contribution in [2.24, 2.45) is 17.4 Å². The highest BCUT2D eigenvalue weighted by Gasteiger charge is 2.23. The first-order valence-corrected chi connectivity index (χ1v) is 8.08. The van der Waals surface area contributed by atoms with E-state index in [2.05, 4.69) is 22.3 Å². The molecule has 1 unspecified atom stereocenters. The molecule has 2 amide bonds. The second-order valence-corrected chi connectivity index (χ2v) is 6.30. The summed E-state index contributed by atoms with van der Waals surface area (Å²) >= 11 is 0. The molecule has 1 aromatic carbocycles. The van der Waals surface area contributed by atoms with Crippen molar-refractivity contribution in [2.75, 3.05) is 13.1 Å². The number of hydrogen-bond donors (Lipinski definition) is 3. The van der Waals surface area contributed by atoms with Crippen LogP contribution in [-0.4, -0.2) is 35.8 Å². The third-order valence-corrected chi connectivity index (χ3v) is 4.19. The minimum absolute atomic E-state index is 0.0442. The maximum absolute atomic E-state index is 11.5. The number of rotatable bonds is 6. The van der Waals surface area contributed by atoms with Crippen LogP contribution in [0, 0.1) is 5.92 Å². The summed E-state index contributed by atoms with van der Waals surface area (Å²) in [6, 6.07) is 7.60. The highest BCUT2D eigenvalue weighted by Crippen LogP contribution is 2.18. The Hall–Kier alpha value is -1.92. The number of nitrogens with zero attached hydrogens (tertiary/aromatic N) is 1. The summed E-state index contributed by atoms with van der Waals surface area (Å²) in [7, 11) is 0. The van der Waals surface area contributed by atoms with Gasteiger partial charge in [0.25, 0.3) is 0 Å². The topological polar surface area (TPSA) is 101 Å². The highest BCUT2D eigenvalue weighted by molar-refractivity contribution is 5.80. The van der Waals surface area contributed by atoms with Crippen molar-refractivity contribution < 1.29 is 9.59 Å². The van der Waals surface area contributed by atoms with Crippen LogP contribution in [0.5, 0.6) is 0 Å². The number of carbonyl (C=O) groups excluding carboxylic acids is 2. The molecule has 0 bridgehead atoms. The summed E-state index contributed by atoms with van der Waals surface area (Å²) in [5.41, 5.74) is 13.2. The fraction of sp³-hybridized carbons (Fsp3) is 0.529. The van der Waals surface area contributed by atoms with Gasteiger partial charge in [-0.05, 0) is 37.4 Å². The molecule has 6 nitrogen and oxygen atoms in total. The number of piperidine rings is 1. The van der Waals surface area contributed by atoms with Gasteiger partial charge in [0.2, 0.25) is 11.8 Å². The number of nitrogens with two attached hydrogens (primary N) is 2. The van der Waals surface area contributed by atoms with E-state index in [1.807, 2.05) is 12.1 Å². The molecule has 0 radical (unpaired) electrons. The number of hydrogen-bond acceptors (Lipinski definition) is 4. The molecule has 5 N–H and O–H groups in total. The van der Waals surface area contributed by atoms with Crippen LogP contribution in [-0.2, 0) is 22.7 Å². The van der Waals surface area contributed by atoms with Gasteiger partial charge in [-0.1, -0.05) is 24.3 Å². The van der Waals surface area contributed by atoms with E-state index in [1.165, 1.54) is 5.56 Å². The molecule has 1 aliphatic heterocycles. The summed E-state index contributed by atoms with van der Waals surface area (Å²) in [6.07, 6.45) is 1.88. The van der Waals surface area contributed by atoms with Crippen LogP contribution in [0.3, 0.4) is 0 Å². The summed E-state index contributed by atoms with van der Waals surface area (Å²) in [5.74, 6) is -0.407. The van der Waals surface area contributed by atoms with E-state index in [0.29, 0.717) is 6.54 Å². The molecule has 2 atom stereocenters. The Morgan fingerprint density at radius 1 is 1.39 bits per heavy atom. The van der Waals surface area contributed by atoms with Crippen molar-refractivity contribution in [3.63, 3.8) is 0 Å². The smallest absolute Gasteiger partial charge is 0.236 e. The Morgan fingerprint density at radius 3 is 2.83 bits per heavy atom. The molecule has 2 rings (SSSR count). The normalized spacial score (nSPS) is 20.0. The average Bonchev–Trinajstić information content (AvgIpc) is 2.53. The predicted molar refractivity (Wildman–Crippen MR) is 89.1 cm³/mol. The highest BCUT2D eigenvalue weighted by atomic mass is 16.2. The van der Waals surface area contributed by atoms with E-state index in [-0.39, 0.29) is 17.7 Å². The summed E-state index contributed by atoms with van der Waals surface area (Å²) in [5, 5.41) is 2.81. The SMILES string of the molecule is C[C@@H](N)C(=O)NCc1cccc(CN2CCCC(C(N)=O)C2)c1. The lowest BCUT2D eigenvalue weighted by Crippen LogP contribution is -2.40. The van der Waals surface area contributed by atoms with Crippen LogP contribution in [0.2, 0.25) is 0 Å². The molecule has 0 saturated carbocycles. The lowest BCUT2D eigenvalue weighted by Gasteiger charge is -2.31. The van der Waals surface area contributed by atoms with Gasteiger partial charge in [-0.3, -0.25) is 14.5 Å². The van der Waals surface area contributed by atoms with Crippen LogP contribution in [0.4, 0.5) is 0 Å². The predicted octanol–water partition coefficient (Wildman–Crippen LogP) is 0.347. The van der Waals surface area contributed by atoms with E-state index in [0.717, 1.165) is 38.0 Å². The monoisotopic (exact) mass is 318 g/mol. The Morgan fingerprint density at radius 2 is 2.13 bits per heavy atom. The first-order chi connectivity index (χ1) is 11.0. The average molecular weight is 318 g/mol. The Balaban J connectivity index is 1.92. The zero-order valence-electron chi connectivity index (χ0n) is 13.6. The maximum atomic E-state index is 11.5. The first-order valence-electron chi connectivity index (χ1n) is 8.08. The van der Waals surface area contributed by atoms with Crippen molar-refractivity contribution in [2.45, 2.75) is 38.9 Å². The Labute approximate surface area is 137 Å². The third-order valence-electron chi connectivity index (χ3n) is 4.19. The molecule has 23 heavy (non-hydrogen) atoms. The van der Waals surface area contributed by atoms with Gasteiger partial charge < -0.3 is 16.8 Å². The standard InChI is InChI=1S/C17H26N4O2/c1-12(18)17(23)20-9-13-4-2-5-14(8-13)10-21-7-3-6-15(11-21)16(19)22/h2,4-5,8,12,15H,3,6-7,9-11,18H2,1H3,(H2,19,22)(H,20,23)/t12-,15?/m1/s1. The lowest BCUT2D eigenvalue weighted by molar-refractivity contribution is -0.123. The minimum atomic E-state index is -0.503. The summed E-state index contributed by atoms with van der Waals surface area (Å²) in [4.78, 5) is 25.1. The number of amides is 2. The van der Waals surface area contributed by atoms with Gasteiger partial charge >= 0.3 is 0 Å². The van der Waals surface area contributed by atoms with Gasteiger partial charge in [-0.2, -0.15) is 0 Å². The molecule has 126 valence electrons. The van der Waals surface area contributed by atoms with Gasteiger partial charge in [-0.15, -0.1) is 0 Å². The molecule has 1 saturated heterocycles. The number of primary amides is 1. The zero-order valence-corrected chi connectivity index (χ0v) is 13.6. The number of likely N-dealkylation sites (tertiary alicyclic amines) is 1. The van der Waals surface area contributed by atoms with Gasteiger partial charge in [0.15, 0.2) is 0 Å². The molecular formula is C17H26N4O2. The number of carbonyl (C=O) groups is 2. The van der Waals surface area contributed by atoms with E-state index in [9.17, 15) is 9.59 Å². The van der Waals surface area contributed by atoms with Gasteiger partial charge in [0.05, 0.1) is 12.0 Å². The van der Waals surface area contributed by atoms with Crippen molar-refractivity contribution in [3.05, 3.63) is 35.4 Å². The maximum Gasteiger partial charge on any atom is 0.236 e. The molecular weight excluding hydrogens is 292 g/mol. The van der Waals surface area contributed by atoms with Crippen molar-refractivity contribution in [1.82, 2.24) is 10.2 Å². The third kappa shape index (κ3) is 5.33. The van der Waals surface area contributed by atoms with Crippen molar-refractivity contribution in [3.8, 4) is 0 Å². The molecule has 0 aromatic heterocycles. The van der Waals surface area contributed by atoms with Gasteiger partial charge in [0.1, 0.15) is 0 Å². The second kappa shape index (κ2) is 8.08. The molecule has 6 heteroatoms. The van der Waals surface area contributed by atoms with Gasteiger partial charge in [0, 0.05) is 19.6 Å². The van der Waals surface area contributed by atoms with Crippen LogP contribution >= 0.6 is 0 Å². The number of nitrogens with one attached hydrogen (secondary N) is 1. The molecule has 0 aliphatic carbocycles. The molecule has 1 fully saturated rings. The quantitative estimate of drug-likeness (QED) is 0.704. The van der Waals surface area contributed by atoms with Crippen molar-refractivity contribution >= 4 is 11.8 Å².